The van der Waals surface area contributed by atoms with Gasteiger partial charge in [0.1, 0.15) is 11.6 Å². The monoisotopic (exact) mass is 436 g/mol. The molecule has 1 saturated heterocycles. The van der Waals surface area contributed by atoms with Gasteiger partial charge >= 0.3 is 0 Å². The van der Waals surface area contributed by atoms with Crippen molar-refractivity contribution >= 4 is 11.9 Å². The summed E-state index contributed by atoms with van der Waals surface area (Å²) in [5.41, 5.74) is 2.45. The highest BCUT2D eigenvalue weighted by atomic mass is 19.1. The van der Waals surface area contributed by atoms with Gasteiger partial charge in [-0.25, -0.2) is 19.3 Å². The Balaban J connectivity index is 1.57. The molecule has 7 nitrogen and oxygen atoms in total. The zero-order valence-corrected chi connectivity index (χ0v) is 18.8. The summed E-state index contributed by atoms with van der Waals surface area (Å²) in [5.74, 6) is 1.44. The summed E-state index contributed by atoms with van der Waals surface area (Å²) in [6.45, 7) is 3.92. The summed E-state index contributed by atoms with van der Waals surface area (Å²) >= 11 is 0. The van der Waals surface area contributed by atoms with Crippen molar-refractivity contribution in [2.75, 3.05) is 32.1 Å². The normalized spacial score (nSPS) is 16.2. The molecule has 0 spiro atoms. The predicted octanol–water partition coefficient (Wildman–Crippen LogP) is 3.65. The maximum Gasteiger partial charge on any atom is 0.225 e. The van der Waals surface area contributed by atoms with Crippen LogP contribution in [-0.4, -0.2) is 57.5 Å². The fourth-order valence-electron chi connectivity index (χ4n) is 4.23. The Hall–Kier alpha value is -3.29. The maximum atomic E-state index is 13.9. The molecule has 1 aromatic carbocycles. The van der Waals surface area contributed by atoms with Crippen LogP contribution in [-0.2, 0) is 11.3 Å². The van der Waals surface area contributed by atoms with Gasteiger partial charge in [0, 0.05) is 70.2 Å². The Morgan fingerprint density at radius 1 is 1.28 bits per heavy atom. The van der Waals surface area contributed by atoms with Crippen LogP contribution in [0.4, 0.5) is 10.3 Å². The number of aromatic nitrogens is 4. The molecule has 2 aromatic heterocycles. The van der Waals surface area contributed by atoms with Gasteiger partial charge in [0.2, 0.25) is 11.9 Å². The van der Waals surface area contributed by atoms with Crippen LogP contribution in [0, 0.1) is 12.7 Å². The van der Waals surface area contributed by atoms with Crippen molar-refractivity contribution < 1.29 is 9.18 Å². The first-order chi connectivity index (χ1) is 15.4. The fourth-order valence-corrected chi connectivity index (χ4v) is 4.23. The molecule has 1 amide bonds. The summed E-state index contributed by atoms with van der Waals surface area (Å²) in [7, 11) is 3.80. The maximum absolute atomic E-state index is 13.9. The van der Waals surface area contributed by atoms with Crippen LogP contribution in [0.5, 0.6) is 0 Å². The summed E-state index contributed by atoms with van der Waals surface area (Å²) in [6, 6.07) is 6.51. The predicted molar refractivity (Wildman–Crippen MR) is 122 cm³/mol. The smallest absolute Gasteiger partial charge is 0.225 e. The number of nitrogens with zero attached hydrogens (tertiary/aromatic N) is 6. The number of likely N-dealkylation sites (tertiary alicyclic amines) is 1. The van der Waals surface area contributed by atoms with E-state index < -0.39 is 0 Å². The molecule has 0 saturated carbocycles. The zero-order chi connectivity index (χ0) is 22.7. The molecule has 1 fully saturated rings. The van der Waals surface area contributed by atoms with E-state index in [2.05, 4.69) is 9.97 Å². The van der Waals surface area contributed by atoms with Gasteiger partial charge in [-0.05, 0) is 37.5 Å². The van der Waals surface area contributed by atoms with Crippen LogP contribution in [0.15, 0.2) is 42.9 Å². The van der Waals surface area contributed by atoms with Gasteiger partial charge in [0.25, 0.3) is 0 Å². The zero-order valence-electron chi connectivity index (χ0n) is 18.8. The molecular weight excluding hydrogens is 407 g/mol. The number of anilines is 1. The summed E-state index contributed by atoms with van der Waals surface area (Å²) in [4.78, 5) is 30.3. The third-order valence-electron chi connectivity index (χ3n) is 5.99. The highest BCUT2D eigenvalue weighted by Crippen LogP contribution is 2.34. The van der Waals surface area contributed by atoms with Crippen molar-refractivity contribution in [1.29, 1.82) is 0 Å². The van der Waals surface area contributed by atoms with E-state index in [1.54, 1.807) is 18.5 Å². The fraction of sp³-hybridized carbons (Fsp3) is 0.417. The van der Waals surface area contributed by atoms with Crippen LogP contribution in [0.3, 0.4) is 0 Å². The number of amides is 1. The molecule has 0 N–H and O–H groups in total. The number of piperidine rings is 1. The molecular formula is C24H29FN6O. The average molecular weight is 437 g/mol. The topological polar surface area (TPSA) is 67.2 Å². The largest absolute Gasteiger partial charge is 0.347 e. The molecule has 1 atom stereocenters. The molecule has 4 rings (SSSR count). The summed E-state index contributed by atoms with van der Waals surface area (Å²) in [5, 5.41) is 0. The van der Waals surface area contributed by atoms with Crippen LogP contribution in [0.25, 0.3) is 11.1 Å². The number of aryl methyl sites for hydroxylation is 2. The van der Waals surface area contributed by atoms with E-state index in [9.17, 15) is 9.18 Å². The molecule has 1 unspecified atom stereocenters. The Kier molecular flexibility index (Phi) is 6.48. The van der Waals surface area contributed by atoms with E-state index in [1.165, 1.54) is 12.1 Å². The van der Waals surface area contributed by atoms with Crippen molar-refractivity contribution in [3.05, 3.63) is 60.2 Å². The minimum Gasteiger partial charge on any atom is -0.347 e. The highest BCUT2D eigenvalue weighted by molar-refractivity contribution is 5.76. The summed E-state index contributed by atoms with van der Waals surface area (Å²) in [6.07, 6.45) is 7.70. The van der Waals surface area contributed by atoms with Crippen molar-refractivity contribution in [2.45, 2.75) is 38.6 Å². The van der Waals surface area contributed by atoms with E-state index in [0.29, 0.717) is 25.5 Å². The first-order valence-electron chi connectivity index (χ1n) is 11.0. The molecule has 3 heterocycles. The number of carbonyl (C=O) groups excluding carboxylic acids is 1. The molecule has 0 aliphatic carbocycles. The first-order valence-corrected chi connectivity index (χ1v) is 11.0. The molecule has 8 heteroatoms. The van der Waals surface area contributed by atoms with Crippen molar-refractivity contribution in [3.63, 3.8) is 0 Å². The molecule has 0 radical (unpaired) electrons. The number of hydrogen-bond acceptors (Lipinski definition) is 5. The SMILES string of the molecule is Cc1nccn1CCC(=O)N1CCCC(c2nc(N(C)C)ncc2-c2cccc(F)c2)C1. The van der Waals surface area contributed by atoms with Crippen molar-refractivity contribution in [2.24, 2.45) is 0 Å². The number of imidazole rings is 1. The molecule has 32 heavy (non-hydrogen) atoms. The third kappa shape index (κ3) is 4.79. The number of carbonyl (C=O) groups is 1. The van der Waals surface area contributed by atoms with Gasteiger partial charge < -0.3 is 14.4 Å². The highest BCUT2D eigenvalue weighted by Gasteiger charge is 2.28. The second-order valence-electron chi connectivity index (χ2n) is 8.47. The van der Waals surface area contributed by atoms with Crippen LogP contribution < -0.4 is 4.90 Å². The molecule has 3 aromatic rings. The van der Waals surface area contributed by atoms with Crippen LogP contribution >= 0.6 is 0 Å². The Bertz CT molecular complexity index is 1100. The second-order valence-corrected chi connectivity index (χ2v) is 8.47. The lowest BCUT2D eigenvalue weighted by molar-refractivity contribution is -0.132. The Morgan fingerprint density at radius 2 is 2.12 bits per heavy atom. The van der Waals surface area contributed by atoms with E-state index in [0.717, 1.165) is 42.0 Å². The van der Waals surface area contributed by atoms with E-state index in [1.807, 2.05) is 47.6 Å². The lowest BCUT2D eigenvalue weighted by Crippen LogP contribution is -2.39. The minimum atomic E-state index is -0.291. The molecule has 1 aliphatic heterocycles. The Morgan fingerprint density at radius 3 is 2.84 bits per heavy atom. The standard InChI is InChI=1S/C24H29FN6O/c1-17-26-10-13-30(17)12-9-22(32)31-11-5-7-19(16-31)23-21(15-27-24(28-23)29(2)3)18-6-4-8-20(25)14-18/h4,6,8,10,13-15,19H,5,7,9,11-12,16H2,1-3H3. The van der Waals surface area contributed by atoms with Gasteiger partial charge in [-0.3, -0.25) is 4.79 Å². The van der Waals surface area contributed by atoms with Gasteiger partial charge in [-0.2, -0.15) is 0 Å². The molecule has 1 aliphatic rings. The lowest BCUT2D eigenvalue weighted by atomic mass is 9.89. The van der Waals surface area contributed by atoms with Crippen molar-refractivity contribution in [3.8, 4) is 11.1 Å². The third-order valence-corrected chi connectivity index (χ3v) is 5.99. The quantitative estimate of drug-likeness (QED) is 0.590. The molecule has 0 bridgehead atoms. The van der Waals surface area contributed by atoms with Gasteiger partial charge in [0.15, 0.2) is 0 Å². The van der Waals surface area contributed by atoms with Gasteiger partial charge in [0.05, 0.1) is 5.69 Å². The van der Waals surface area contributed by atoms with Crippen LogP contribution in [0.1, 0.15) is 36.7 Å². The molecule has 168 valence electrons. The summed E-state index contributed by atoms with van der Waals surface area (Å²) < 4.78 is 15.9. The minimum absolute atomic E-state index is 0.0719. The van der Waals surface area contributed by atoms with Crippen LogP contribution in [0.2, 0.25) is 0 Å². The average Bonchev–Trinajstić information content (AvgIpc) is 3.21. The second kappa shape index (κ2) is 9.46. The number of benzene rings is 1. The Labute approximate surface area is 187 Å². The van der Waals surface area contributed by atoms with E-state index in [4.69, 9.17) is 4.98 Å². The van der Waals surface area contributed by atoms with E-state index in [-0.39, 0.29) is 17.6 Å². The van der Waals surface area contributed by atoms with Crippen molar-refractivity contribution in [1.82, 2.24) is 24.4 Å². The number of hydrogen-bond donors (Lipinski definition) is 0. The van der Waals surface area contributed by atoms with Gasteiger partial charge in [-0.1, -0.05) is 12.1 Å². The first kappa shape index (κ1) is 21.9. The van der Waals surface area contributed by atoms with E-state index >= 15 is 0 Å². The number of halogens is 1. The van der Waals surface area contributed by atoms with Gasteiger partial charge in [-0.15, -0.1) is 0 Å². The number of rotatable bonds is 6. The lowest BCUT2D eigenvalue weighted by Gasteiger charge is -2.33.